The molecule has 0 bridgehead atoms. The zero-order chi connectivity index (χ0) is 14.1. The number of ether oxygens (including phenoxy) is 1. The molecule has 0 amide bonds. The summed E-state index contributed by atoms with van der Waals surface area (Å²) in [6.45, 7) is 2.69. The van der Waals surface area contributed by atoms with Crippen molar-refractivity contribution in [2.45, 2.75) is 18.0 Å². The molecule has 0 fully saturated rings. The molecule has 20 heavy (non-hydrogen) atoms. The Morgan fingerprint density at radius 3 is 3.00 bits per heavy atom. The van der Waals surface area contributed by atoms with E-state index in [4.69, 9.17) is 4.74 Å². The summed E-state index contributed by atoms with van der Waals surface area (Å²) in [4.78, 5) is 5.41. The molecule has 1 aliphatic heterocycles. The van der Waals surface area contributed by atoms with Gasteiger partial charge >= 0.3 is 0 Å². The molecule has 5 nitrogen and oxygen atoms in total. The Morgan fingerprint density at radius 2 is 2.30 bits per heavy atom. The average molecular weight is 291 g/mol. The summed E-state index contributed by atoms with van der Waals surface area (Å²) < 4.78 is 19.1. The van der Waals surface area contributed by atoms with Crippen LogP contribution < -0.4 is 10.1 Å². The summed E-state index contributed by atoms with van der Waals surface area (Å²) in [6, 6.07) is 5.61. The second-order valence-electron chi connectivity index (χ2n) is 4.73. The van der Waals surface area contributed by atoms with Crippen molar-refractivity contribution in [2.24, 2.45) is 0 Å². The second-order valence-corrected chi connectivity index (χ2v) is 6.11. The highest BCUT2D eigenvalue weighted by atomic mass is 32.2. The summed E-state index contributed by atoms with van der Waals surface area (Å²) >= 11 is -1.01. The highest BCUT2D eigenvalue weighted by Gasteiger charge is 2.17. The molecule has 1 aromatic carbocycles. The number of nitrogens with one attached hydrogen (secondary N) is 1. The molecule has 1 unspecified atom stereocenters. The number of aromatic nitrogens is 2. The van der Waals surface area contributed by atoms with Gasteiger partial charge in [-0.1, -0.05) is 0 Å². The number of hydrogen-bond acceptors (Lipinski definition) is 4. The highest BCUT2D eigenvalue weighted by molar-refractivity contribution is 7.90. The number of hydrogen-bond donors (Lipinski definition) is 1. The number of methoxy groups -OCH3 is 1. The first-order valence-electron chi connectivity index (χ1n) is 6.47. The van der Waals surface area contributed by atoms with Crippen LogP contribution in [0.5, 0.6) is 5.75 Å². The van der Waals surface area contributed by atoms with E-state index in [0.717, 1.165) is 41.6 Å². The van der Waals surface area contributed by atoms with Crippen LogP contribution in [0.1, 0.15) is 5.82 Å². The van der Waals surface area contributed by atoms with Crippen LogP contribution in [0.2, 0.25) is 0 Å². The Kier molecular flexibility index (Phi) is 3.69. The van der Waals surface area contributed by atoms with Gasteiger partial charge in [0.15, 0.2) is 4.90 Å². The first-order valence-corrected chi connectivity index (χ1v) is 8.03. The minimum Gasteiger partial charge on any atom is -0.612 e. The van der Waals surface area contributed by atoms with E-state index < -0.39 is 11.2 Å². The summed E-state index contributed by atoms with van der Waals surface area (Å²) in [5, 5.41) is 3.30. The molecule has 1 aromatic heterocycles. The molecule has 1 atom stereocenters. The van der Waals surface area contributed by atoms with Gasteiger partial charge in [-0.3, -0.25) is 0 Å². The lowest BCUT2D eigenvalue weighted by molar-refractivity contribution is 0.415. The average Bonchev–Trinajstić information content (AvgIpc) is 2.90. The van der Waals surface area contributed by atoms with Crippen molar-refractivity contribution < 1.29 is 9.29 Å². The summed E-state index contributed by atoms with van der Waals surface area (Å²) in [7, 11) is 1.62. The largest absolute Gasteiger partial charge is 0.612 e. The predicted molar refractivity (Wildman–Crippen MR) is 78.3 cm³/mol. The molecule has 1 N–H and O–H groups in total. The lowest BCUT2D eigenvalue weighted by atomic mass is 10.1. The maximum atomic E-state index is 11.5. The molecule has 0 saturated carbocycles. The molecule has 0 aliphatic carbocycles. The van der Waals surface area contributed by atoms with Crippen molar-refractivity contribution in [2.75, 3.05) is 19.9 Å². The third-order valence-electron chi connectivity index (χ3n) is 3.45. The van der Waals surface area contributed by atoms with E-state index in [2.05, 4.69) is 21.1 Å². The van der Waals surface area contributed by atoms with Gasteiger partial charge in [0.2, 0.25) is 0 Å². The minimum atomic E-state index is -1.01. The van der Waals surface area contributed by atoms with E-state index in [-0.39, 0.29) is 0 Å². The van der Waals surface area contributed by atoms with Crippen LogP contribution in [0.15, 0.2) is 29.3 Å². The van der Waals surface area contributed by atoms with Gasteiger partial charge in [0, 0.05) is 30.9 Å². The van der Waals surface area contributed by atoms with Gasteiger partial charge in [-0.25, -0.2) is 4.98 Å². The van der Waals surface area contributed by atoms with Crippen LogP contribution in [0.25, 0.3) is 11.3 Å². The Hall–Kier alpha value is -1.50. The van der Waals surface area contributed by atoms with Crippen LogP contribution in [-0.4, -0.2) is 34.0 Å². The van der Waals surface area contributed by atoms with Gasteiger partial charge in [-0.2, -0.15) is 0 Å². The van der Waals surface area contributed by atoms with E-state index in [9.17, 15) is 4.55 Å². The summed E-state index contributed by atoms with van der Waals surface area (Å²) in [5.74, 6) is 1.75. The predicted octanol–water partition coefficient (Wildman–Crippen LogP) is 1.40. The van der Waals surface area contributed by atoms with Crippen molar-refractivity contribution in [3.63, 3.8) is 0 Å². The number of imidazole rings is 1. The van der Waals surface area contributed by atoms with Crippen molar-refractivity contribution in [3.8, 4) is 17.0 Å². The number of nitrogens with zero attached hydrogens (tertiary/aromatic N) is 2. The number of benzene rings is 1. The molecular formula is C14H17N3O2S. The van der Waals surface area contributed by atoms with E-state index in [0.29, 0.717) is 5.75 Å². The molecule has 0 radical (unpaired) electrons. The lowest BCUT2D eigenvalue weighted by Crippen LogP contribution is -2.27. The van der Waals surface area contributed by atoms with Gasteiger partial charge < -0.3 is 19.2 Å². The van der Waals surface area contributed by atoms with Gasteiger partial charge in [0.1, 0.15) is 17.8 Å². The number of fused-ring (bicyclic) bond motifs is 1. The second kappa shape index (κ2) is 5.47. The fraction of sp³-hybridized carbons (Fsp3) is 0.357. The maximum Gasteiger partial charge on any atom is 0.156 e. The van der Waals surface area contributed by atoms with Gasteiger partial charge in [-0.15, -0.1) is 0 Å². The third-order valence-corrected chi connectivity index (χ3v) is 4.37. The molecular weight excluding hydrogens is 274 g/mol. The molecule has 106 valence electrons. The van der Waals surface area contributed by atoms with E-state index in [1.54, 1.807) is 13.4 Å². The van der Waals surface area contributed by atoms with Crippen LogP contribution >= 0.6 is 0 Å². The van der Waals surface area contributed by atoms with Crippen LogP contribution in [0, 0.1) is 0 Å². The van der Waals surface area contributed by atoms with E-state index in [1.165, 1.54) is 0 Å². The lowest BCUT2D eigenvalue weighted by Gasteiger charge is -2.13. The zero-order valence-electron chi connectivity index (χ0n) is 11.5. The monoisotopic (exact) mass is 291 g/mol. The summed E-state index contributed by atoms with van der Waals surface area (Å²) in [6.07, 6.45) is 3.71. The van der Waals surface area contributed by atoms with Crippen molar-refractivity contribution in [1.29, 1.82) is 0 Å². The zero-order valence-corrected chi connectivity index (χ0v) is 12.4. The van der Waals surface area contributed by atoms with Crippen LogP contribution in [0.4, 0.5) is 0 Å². The quantitative estimate of drug-likeness (QED) is 0.868. The van der Waals surface area contributed by atoms with E-state index in [1.807, 2.05) is 18.2 Å². The molecule has 2 aromatic rings. The Balaban J connectivity index is 2.02. The van der Waals surface area contributed by atoms with Crippen molar-refractivity contribution >= 4 is 11.2 Å². The molecule has 0 spiro atoms. The SMILES string of the molecule is COc1cc([S+](C)[O-])ccc1-c1cn2c(n1)CNCC2. The molecule has 0 saturated heterocycles. The Bertz CT molecular complexity index is 601. The fourth-order valence-corrected chi connectivity index (χ4v) is 2.91. The third kappa shape index (κ3) is 2.42. The molecule has 3 rings (SSSR count). The summed E-state index contributed by atoms with van der Waals surface area (Å²) in [5.41, 5.74) is 1.83. The van der Waals surface area contributed by atoms with Crippen LogP contribution in [-0.2, 0) is 24.3 Å². The smallest absolute Gasteiger partial charge is 0.156 e. The van der Waals surface area contributed by atoms with Gasteiger partial charge in [0.25, 0.3) is 0 Å². The highest BCUT2D eigenvalue weighted by Crippen LogP contribution is 2.31. The molecule has 1 aliphatic rings. The van der Waals surface area contributed by atoms with Crippen LogP contribution in [0.3, 0.4) is 0 Å². The first-order chi connectivity index (χ1) is 9.69. The Morgan fingerprint density at radius 1 is 1.45 bits per heavy atom. The molecule has 2 heterocycles. The van der Waals surface area contributed by atoms with Gasteiger partial charge in [-0.05, 0) is 23.3 Å². The van der Waals surface area contributed by atoms with Crippen molar-refractivity contribution in [3.05, 3.63) is 30.2 Å². The topological polar surface area (TPSA) is 62.1 Å². The maximum absolute atomic E-state index is 11.5. The normalized spacial score (nSPS) is 15.8. The fourth-order valence-electron chi connectivity index (χ4n) is 2.38. The van der Waals surface area contributed by atoms with E-state index >= 15 is 0 Å². The number of rotatable bonds is 3. The van der Waals surface area contributed by atoms with Gasteiger partial charge in [0.05, 0.1) is 19.3 Å². The standard InChI is InChI=1S/C14H17N3O2S/c1-19-13-7-10(20(2)18)3-4-11(13)12-9-17-6-5-15-8-14(17)16-12/h3-4,7,9,15H,5-6,8H2,1-2H3. The Labute approximate surface area is 121 Å². The van der Waals surface area contributed by atoms with Crippen molar-refractivity contribution in [1.82, 2.24) is 14.9 Å². The minimum absolute atomic E-state index is 0.709. The first kappa shape index (κ1) is 13.5. The molecule has 6 heteroatoms.